The van der Waals surface area contributed by atoms with Gasteiger partial charge in [-0.2, -0.15) is 0 Å². The molecule has 0 aliphatic carbocycles. The summed E-state index contributed by atoms with van der Waals surface area (Å²) in [6.07, 6.45) is 3.16. The molecule has 3 rings (SSSR count). The lowest BCUT2D eigenvalue weighted by atomic mass is 10.1. The summed E-state index contributed by atoms with van der Waals surface area (Å²) in [5.41, 5.74) is 5.19. The Morgan fingerprint density at radius 3 is 2.29 bits per heavy atom. The largest absolute Gasteiger partial charge is 0.465 e. The molecule has 0 radical (unpaired) electrons. The summed E-state index contributed by atoms with van der Waals surface area (Å²) < 4.78 is 4.70. The van der Waals surface area contributed by atoms with Crippen molar-refractivity contribution in [1.29, 1.82) is 0 Å². The Kier molecular flexibility index (Phi) is 5.69. The summed E-state index contributed by atoms with van der Waals surface area (Å²) in [6, 6.07) is 14.4. The highest BCUT2D eigenvalue weighted by molar-refractivity contribution is 6.05. The lowest BCUT2D eigenvalue weighted by molar-refractivity contribution is 0.0600. The third-order valence-electron chi connectivity index (χ3n) is 4.29. The predicted octanol–water partition coefficient (Wildman–Crippen LogP) is 4.48. The summed E-state index contributed by atoms with van der Waals surface area (Å²) in [7, 11) is 1.31. The van der Waals surface area contributed by atoms with Gasteiger partial charge < -0.3 is 15.4 Å². The molecule has 0 fully saturated rings. The number of rotatable bonds is 5. The van der Waals surface area contributed by atoms with Crippen molar-refractivity contribution in [1.82, 2.24) is 4.98 Å². The summed E-state index contributed by atoms with van der Waals surface area (Å²) >= 11 is 0. The molecule has 0 atom stereocenters. The Balaban J connectivity index is 1.78. The number of carbonyl (C=O) groups is 2. The molecule has 6 heteroatoms. The maximum absolute atomic E-state index is 12.6. The second-order valence-electron chi connectivity index (χ2n) is 6.38. The molecular weight excluding hydrogens is 354 g/mol. The van der Waals surface area contributed by atoms with Gasteiger partial charge in [0.05, 0.1) is 30.1 Å². The Labute approximate surface area is 163 Å². The van der Waals surface area contributed by atoms with E-state index >= 15 is 0 Å². The average molecular weight is 375 g/mol. The number of nitrogens with zero attached hydrogens (tertiary/aromatic N) is 1. The highest BCUT2D eigenvalue weighted by Gasteiger charge is 2.11. The lowest BCUT2D eigenvalue weighted by Crippen LogP contribution is -2.13. The number of carbonyl (C=O) groups excluding carboxylic acids is 2. The number of hydrogen-bond acceptors (Lipinski definition) is 5. The van der Waals surface area contributed by atoms with E-state index in [0.29, 0.717) is 22.5 Å². The van der Waals surface area contributed by atoms with Gasteiger partial charge in [0.15, 0.2) is 0 Å². The minimum Gasteiger partial charge on any atom is -0.465 e. The minimum absolute atomic E-state index is 0.320. The topological polar surface area (TPSA) is 80.3 Å². The number of pyridine rings is 1. The summed E-state index contributed by atoms with van der Waals surface area (Å²) in [4.78, 5) is 28.4. The maximum atomic E-state index is 12.6. The van der Waals surface area contributed by atoms with Gasteiger partial charge in [-0.25, -0.2) is 4.79 Å². The van der Waals surface area contributed by atoms with Crippen LogP contribution in [0.5, 0.6) is 0 Å². The quantitative estimate of drug-likeness (QED) is 0.643. The Morgan fingerprint density at radius 1 is 0.893 bits per heavy atom. The van der Waals surface area contributed by atoms with Crippen LogP contribution < -0.4 is 10.6 Å². The van der Waals surface area contributed by atoms with Crippen molar-refractivity contribution in [3.63, 3.8) is 0 Å². The third kappa shape index (κ3) is 4.35. The van der Waals surface area contributed by atoms with Gasteiger partial charge in [0.1, 0.15) is 0 Å². The zero-order valence-electron chi connectivity index (χ0n) is 15.9. The summed E-state index contributed by atoms with van der Waals surface area (Å²) in [5.74, 6) is -0.780. The number of anilines is 3. The second kappa shape index (κ2) is 8.35. The fourth-order valence-electron chi connectivity index (χ4n) is 2.83. The number of methoxy groups -OCH3 is 1. The van der Waals surface area contributed by atoms with E-state index in [1.807, 2.05) is 32.0 Å². The number of aryl methyl sites for hydroxylation is 2. The maximum Gasteiger partial charge on any atom is 0.337 e. The molecule has 1 aromatic heterocycles. The smallest absolute Gasteiger partial charge is 0.337 e. The third-order valence-corrected chi connectivity index (χ3v) is 4.29. The van der Waals surface area contributed by atoms with Crippen LogP contribution in [0.25, 0.3) is 0 Å². The Morgan fingerprint density at radius 2 is 1.57 bits per heavy atom. The summed E-state index contributed by atoms with van der Waals surface area (Å²) in [5, 5.41) is 6.10. The van der Waals surface area contributed by atoms with E-state index in [9.17, 15) is 9.59 Å². The average Bonchev–Trinajstić information content (AvgIpc) is 2.70. The van der Waals surface area contributed by atoms with Crippen molar-refractivity contribution in [3.05, 3.63) is 83.2 Å². The molecular formula is C22H21N3O3. The van der Waals surface area contributed by atoms with Crippen LogP contribution in [0.1, 0.15) is 31.8 Å². The number of benzene rings is 2. The van der Waals surface area contributed by atoms with Gasteiger partial charge in [0.2, 0.25) is 0 Å². The fourth-order valence-corrected chi connectivity index (χ4v) is 2.83. The summed E-state index contributed by atoms with van der Waals surface area (Å²) in [6.45, 7) is 4.04. The lowest BCUT2D eigenvalue weighted by Gasteiger charge is -2.13. The molecule has 0 aliphatic heterocycles. The van der Waals surface area contributed by atoms with Gasteiger partial charge in [0.25, 0.3) is 5.91 Å². The van der Waals surface area contributed by atoms with E-state index in [0.717, 1.165) is 16.8 Å². The van der Waals surface area contributed by atoms with E-state index in [2.05, 4.69) is 15.6 Å². The van der Waals surface area contributed by atoms with Crippen LogP contribution in [-0.4, -0.2) is 24.0 Å². The van der Waals surface area contributed by atoms with Gasteiger partial charge in [-0.1, -0.05) is 24.3 Å². The number of para-hydroxylation sites is 1. The molecule has 0 saturated carbocycles. The molecule has 142 valence electrons. The van der Waals surface area contributed by atoms with E-state index < -0.39 is 5.97 Å². The monoisotopic (exact) mass is 375 g/mol. The molecule has 6 nitrogen and oxygen atoms in total. The Bertz CT molecular complexity index is 1010. The van der Waals surface area contributed by atoms with Gasteiger partial charge in [-0.05, 0) is 49.2 Å². The van der Waals surface area contributed by atoms with Crippen LogP contribution in [0.3, 0.4) is 0 Å². The zero-order chi connectivity index (χ0) is 20.1. The van der Waals surface area contributed by atoms with Crippen molar-refractivity contribution >= 4 is 28.9 Å². The molecule has 0 saturated heterocycles. The van der Waals surface area contributed by atoms with Crippen LogP contribution in [0.15, 0.2) is 60.9 Å². The van der Waals surface area contributed by atoms with Crippen molar-refractivity contribution in [3.8, 4) is 0 Å². The van der Waals surface area contributed by atoms with Crippen molar-refractivity contribution in [2.75, 3.05) is 17.7 Å². The number of ether oxygens (including phenoxy) is 1. The van der Waals surface area contributed by atoms with Gasteiger partial charge in [0, 0.05) is 17.6 Å². The molecule has 2 N–H and O–H groups in total. The Hall–Kier alpha value is -3.67. The molecule has 28 heavy (non-hydrogen) atoms. The van der Waals surface area contributed by atoms with E-state index in [1.54, 1.807) is 36.5 Å². The molecule has 3 aromatic rings. The first kappa shape index (κ1) is 19.1. The first-order chi connectivity index (χ1) is 13.5. The van der Waals surface area contributed by atoms with Gasteiger partial charge in [-0.3, -0.25) is 9.78 Å². The number of nitrogens with one attached hydrogen (secondary N) is 2. The van der Waals surface area contributed by atoms with Crippen LogP contribution in [0.2, 0.25) is 0 Å². The van der Waals surface area contributed by atoms with E-state index in [4.69, 9.17) is 4.74 Å². The van der Waals surface area contributed by atoms with Gasteiger partial charge in [-0.15, -0.1) is 0 Å². The minimum atomic E-state index is -0.461. The van der Waals surface area contributed by atoms with E-state index in [-0.39, 0.29) is 5.91 Å². The molecule has 0 spiro atoms. The number of esters is 1. The molecule has 0 unspecified atom stereocenters. The second-order valence-corrected chi connectivity index (χ2v) is 6.38. The predicted molar refractivity (Wildman–Crippen MR) is 109 cm³/mol. The first-order valence-corrected chi connectivity index (χ1v) is 8.76. The number of aromatic nitrogens is 1. The van der Waals surface area contributed by atoms with Crippen LogP contribution in [0, 0.1) is 13.8 Å². The molecule has 0 aliphatic rings. The molecule has 0 bridgehead atoms. The van der Waals surface area contributed by atoms with Crippen LogP contribution in [-0.2, 0) is 4.74 Å². The van der Waals surface area contributed by atoms with Crippen LogP contribution in [0.4, 0.5) is 17.1 Å². The van der Waals surface area contributed by atoms with Crippen molar-refractivity contribution in [2.24, 2.45) is 0 Å². The van der Waals surface area contributed by atoms with Crippen molar-refractivity contribution < 1.29 is 14.3 Å². The molecule has 2 aromatic carbocycles. The highest BCUT2D eigenvalue weighted by atomic mass is 16.5. The van der Waals surface area contributed by atoms with Crippen LogP contribution >= 0.6 is 0 Å². The highest BCUT2D eigenvalue weighted by Crippen LogP contribution is 2.24. The number of hydrogen-bond donors (Lipinski definition) is 2. The normalized spacial score (nSPS) is 10.2. The number of amides is 1. The van der Waals surface area contributed by atoms with Gasteiger partial charge >= 0.3 is 5.97 Å². The standard InChI is InChI=1S/C22H21N3O3/c1-14-6-4-7-15(2)20(14)24-19-11-17(12-23-13-19)21(26)25-18-9-5-8-16(10-18)22(27)28-3/h4-13,24H,1-3H3,(H,25,26). The molecule has 1 heterocycles. The SMILES string of the molecule is COC(=O)c1cccc(NC(=O)c2cncc(Nc3c(C)cccc3C)c2)c1. The fraction of sp³-hybridized carbons (Fsp3) is 0.136. The zero-order valence-corrected chi connectivity index (χ0v) is 15.9. The first-order valence-electron chi connectivity index (χ1n) is 8.76. The van der Waals surface area contributed by atoms with E-state index in [1.165, 1.54) is 13.3 Å². The van der Waals surface area contributed by atoms with Crippen molar-refractivity contribution in [2.45, 2.75) is 13.8 Å². The molecule has 1 amide bonds.